The molecule has 1 N–H and O–H groups in total. The van der Waals surface area contributed by atoms with Gasteiger partial charge < -0.3 is 5.32 Å². The number of aromatic nitrogens is 1. The van der Waals surface area contributed by atoms with Gasteiger partial charge in [0.25, 0.3) is 0 Å². The highest BCUT2D eigenvalue weighted by Crippen LogP contribution is 2.30. The van der Waals surface area contributed by atoms with Crippen LogP contribution in [0.3, 0.4) is 0 Å². The quantitative estimate of drug-likeness (QED) is 0.494. The fourth-order valence-corrected chi connectivity index (χ4v) is 2.94. The molecule has 0 aliphatic heterocycles. The monoisotopic (exact) mass is 444 g/mol. The Labute approximate surface area is 151 Å². The molecule has 3 rings (SSSR count). The molecule has 0 amide bonds. The number of rotatable bonds is 3. The van der Waals surface area contributed by atoms with Gasteiger partial charge in [0, 0.05) is 15.4 Å². The number of hydrogen-bond acceptors (Lipinski definition) is 3. The molecule has 6 heteroatoms. The van der Waals surface area contributed by atoms with Crippen molar-refractivity contribution in [3.05, 3.63) is 63.4 Å². The van der Waals surface area contributed by atoms with Crippen LogP contribution in [0.15, 0.2) is 58.4 Å². The van der Waals surface area contributed by atoms with E-state index < -0.39 is 0 Å². The minimum absolute atomic E-state index is 0. The van der Waals surface area contributed by atoms with Gasteiger partial charge in [0.2, 0.25) is 0 Å². The minimum atomic E-state index is 0. The van der Waals surface area contributed by atoms with E-state index in [4.69, 9.17) is 11.6 Å². The first-order valence-electron chi connectivity index (χ1n) is 5.95. The second kappa shape index (κ2) is 7.40. The van der Waals surface area contributed by atoms with E-state index in [9.17, 15) is 0 Å². The molecule has 0 aliphatic carbocycles. The molecule has 0 atom stereocenters. The number of nitrogens with zero attached hydrogens (tertiary/aromatic N) is 1. The second-order valence-corrected chi connectivity index (χ2v) is 6.33. The van der Waals surface area contributed by atoms with Gasteiger partial charge in [-0.25, -0.2) is 4.98 Å². The first-order chi connectivity index (χ1) is 9.72. The maximum atomic E-state index is 6.12. The van der Waals surface area contributed by atoms with Gasteiger partial charge in [0.15, 0.2) is 5.13 Å². The fraction of sp³-hybridized carbons (Fsp3) is 0. The largest absolute Gasteiger partial charge is 0.330 e. The fourth-order valence-electron chi connectivity index (χ4n) is 1.76. The highest BCUT2D eigenvalue weighted by molar-refractivity contribution is 9.10. The summed E-state index contributed by atoms with van der Waals surface area (Å²) < 4.78 is 1.06. The molecule has 0 fully saturated rings. The first kappa shape index (κ1) is 16.5. The lowest BCUT2D eigenvalue weighted by Gasteiger charge is -2.04. The highest BCUT2D eigenvalue weighted by atomic mass is 79.9. The van der Waals surface area contributed by atoms with Gasteiger partial charge in [-0.2, -0.15) is 0 Å². The summed E-state index contributed by atoms with van der Waals surface area (Å²) in [5.41, 5.74) is 2.92. The van der Waals surface area contributed by atoms with Crippen molar-refractivity contribution in [3.8, 4) is 11.3 Å². The van der Waals surface area contributed by atoms with Crippen LogP contribution in [-0.2, 0) is 0 Å². The molecule has 0 saturated carbocycles. The number of benzene rings is 2. The molecule has 1 heterocycles. The Bertz CT molecular complexity index is 729. The van der Waals surface area contributed by atoms with Gasteiger partial charge in [0.1, 0.15) is 0 Å². The summed E-state index contributed by atoms with van der Waals surface area (Å²) in [6, 6.07) is 15.7. The minimum Gasteiger partial charge on any atom is -0.330 e. The summed E-state index contributed by atoms with van der Waals surface area (Å²) in [4.78, 5) is 4.58. The van der Waals surface area contributed by atoms with Crippen LogP contribution < -0.4 is 5.32 Å². The maximum Gasteiger partial charge on any atom is 0.187 e. The van der Waals surface area contributed by atoms with Crippen LogP contribution in [0.4, 0.5) is 10.8 Å². The van der Waals surface area contributed by atoms with Crippen LogP contribution in [0.1, 0.15) is 0 Å². The summed E-state index contributed by atoms with van der Waals surface area (Å²) in [6.07, 6.45) is 0. The van der Waals surface area contributed by atoms with Crippen LogP contribution in [0, 0.1) is 0 Å². The molecular formula is C15H11Br2ClN2S. The number of hydrogen-bond donors (Lipinski definition) is 1. The van der Waals surface area contributed by atoms with Gasteiger partial charge >= 0.3 is 0 Å². The molecule has 0 radical (unpaired) electrons. The van der Waals surface area contributed by atoms with Crippen LogP contribution in [0.2, 0.25) is 5.02 Å². The number of halogens is 3. The Morgan fingerprint density at radius 3 is 2.48 bits per heavy atom. The van der Waals surface area contributed by atoms with Crippen molar-refractivity contribution < 1.29 is 0 Å². The van der Waals surface area contributed by atoms with Crippen LogP contribution in [-0.4, -0.2) is 4.98 Å². The number of para-hydroxylation sites is 1. The van der Waals surface area contributed by atoms with E-state index in [2.05, 4.69) is 26.2 Å². The molecule has 2 nitrogen and oxygen atoms in total. The Hall–Kier alpha value is -0.880. The van der Waals surface area contributed by atoms with Crippen molar-refractivity contribution in [2.24, 2.45) is 0 Å². The topological polar surface area (TPSA) is 24.9 Å². The zero-order valence-corrected chi connectivity index (χ0v) is 15.6. The molecule has 2 aromatic carbocycles. The summed E-state index contributed by atoms with van der Waals surface area (Å²) >= 11 is 11.1. The van der Waals surface area contributed by atoms with E-state index in [-0.39, 0.29) is 17.0 Å². The standard InChI is InChI=1S/C15H10BrClN2S.BrH/c16-11-7-5-10(6-8-11)14-9-20-15(19-14)18-13-4-2-1-3-12(13)17;/h1-9H,(H,18,19);1H. The molecule has 0 saturated heterocycles. The normalized spacial score (nSPS) is 10.0. The SMILES string of the molecule is Br.Clc1ccccc1Nc1nc(-c2ccc(Br)cc2)cs1. The number of nitrogens with one attached hydrogen (secondary N) is 1. The molecule has 0 spiro atoms. The number of anilines is 2. The smallest absolute Gasteiger partial charge is 0.187 e. The zero-order chi connectivity index (χ0) is 13.9. The molecule has 108 valence electrons. The molecule has 0 aliphatic rings. The van der Waals surface area contributed by atoms with E-state index in [1.165, 1.54) is 0 Å². The molecule has 1 aromatic heterocycles. The number of thiazole rings is 1. The van der Waals surface area contributed by atoms with Crippen LogP contribution in [0.5, 0.6) is 0 Å². The lowest BCUT2D eigenvalue weighted by molar-refractivity contribution is 1.38. The highest BCUT2D eigenvalue weighted by Gasteiger charge is 2.06. The average Bonchev–Trinajstić information content (AvgIpc) is 2.91. The summed E-state index contributed by atoms with van der Waals surface area (Å²) in [5.74, 6) is 0. The van der Waals surface area contributed by atoms with E-state index in [1.807, 2.05) is 53.9 Å². The van der Waals surface area contributed by atoms with Crippen molar-refractivity contribution >= 4 is 66.7 Å². The molecule has 0 bridgehead atoms. The Balaban J connectivity index is 0.00000161. The van der Waals surface area contributed by atoms with E-state index in [0.29, 0.717) is 5.02 Å². The van der Waals surface area contributed by atoms with E-state index in [0.717, 1.165) is 26.5 Å². The maximum absolute atomic E-state index is 6.12. The predicted octanol–water partition coefficient (Wildman–Crippen LogP) is 6.55. The van der Waals surface area contributed by atoms with Gasteiger partial charge in [0.05, 0.1) is 16.4 Å². The van der Waals surface area contributed by atoms with Gasteiger partial charge in [-0.05, 0) is 24.3 Å². The van der Waals surface area contributed by atoms with E-state index >= 15 is 0 Å². The third-order valence-electron chi connectivity index (χ3n) is 2.76. The summed E-state index contributed by atoms with van der Waals surface area (Å²) in [7, 11) is 0. The Kier molecular flexibility index (Phi) is 5.81. The van der Waals surface area contributed by atoms with Crippen molar-refractivity contribution in [1.29, 1.82) is 0 Å². The third-order valence-corrected chi connectivity index (χ3v) is 4.38. The first-order valence-corrected chi connectivity index (χ1v) is 8.00. The van der Waals surface area contributed by atoms with Gasteiger partial charge in [-0.15, -0.1) is 28.3 Å². The average molecular weight is 447 g/mol. The Morgan fingerprint density at radius 2 is 1.76 bits per heavy atom. The van der Waals surface area contributed by atoms with Gasteiger partial charge in [-0.3, -0.25) is 0 Å². The summed E-state index contributed by atoms with van der Waals surface area (Å²) in [6.45, 7) is 0. The second-order valence-electron chi connectivity index (χ2n) is 4.15. The van der Waals surface area contributed by atoms with Crippen molar-refractivity contribution in [3.63, 3.8) is 0 Å². The molecule has 0 unspecified atom stereocenters. The van der Waals surface area contributed by atoms with Crippen molar-refractivity contribution in [1.82, 2.24) is 4.98 Å². The van der Waals surface area contributed by atoms with Crippen molar-refractivity contribution in [2.75, 3.05) is 5.32 Å². The third kappa shape index (κ3) is 4.07. The predicted molar refractivity (Wildman–Crippen MR) is 100 cm³/mol. The van der Waals surface area contributed by atoms with Crippen LogP contribution >= 0.6 is 55.8 Å². The summed E-state index contributed by atoms with van der Waals surface area (Å²) in [5, 5.41) is 6.79. The molecule has 3 aromatic rings. The van der Waals surface area contributed by atoms with Crippen LogP contribution in [0.25, 0.3) is 11.3 Å². The van der Waals surface area contributed by atoms with Crippen molar-refractivity contribution in [2.45, 2.75) is 0 Å². The lowest BCUT2D eigenvalue weighted by atomic mass is 10.2. The molecular weight excluding hydrogens is 436 g/mol. The van der Waals surface area contributed by atoms with Gasteiger partial charge in [-0.1, -0.05) is 51.8 Å². The zero-order valence-electron chi connectivity index (χ0n) is 10.7. The molecule has 21 heavy (non-hydrogen) atoms. The van der Waals surface area contributed by atoms with E-state index in [1.54, 1.807) is 11.3 Å². The lowest BCUT2D eigenvalue weighted by Crippen LogP contribution is -1.90. The Morgan fingerprint density at radius 1 is 1.05 bits per heavy atom.